The summed E-state index contributed by atoms with van der Waals surface area (Å²) in [5, 5.41) is 2.75. The summed E-state index contributed by atoms with van der Waals surface area (Å²) < 4.78 is 24.5. The molecule has 1 aliphatic rings. The molecule has 88 valence electrons. The Morgan fingerprint density at radius 2 is 2.07 bits per heavy atom. The van der Waals surface area contributed by atoms with E-state index in [2.05, 4.69) is 10.0 Å². The van der Waals surface area contributed by atoms with Crippen LogP contribution in [0.5, 0.6) is 0 Å². The summed E-state index contributed by atoms with van der Waals surface area (Å²) in [6.45, 7) is 2.50. The van der Waals surface area contributed by atoms with Crippen LogP contribution < -0.4 is 10.0 Å². The molecule has 0 saturated heterocycles. The van der Waals surface area contributed by atoms with E-state index in [1.54, 1.807) is 0 Å². The smallest absolute Gasteiger partial charge is 0.223 e. The minimum absolute atomic E-state index is 0.0373. The average Bonchev–Trinajstić information content (AvgIpc) is 2.50. The Labute approximate surface area is 90.7 Å². The largest absolute Gasteiger partial charge is 0.356 e. The van der Waals surface area contributed by atoms with Crippen LogP contribution in [0.3, 0.4) is 0 Å². The fraction of sp³-hybridized carbons (Fsp3) is 0.889. The van der Waals surface area contributed by atoms with Gasteiger partial charge in [0.15, 0.2) is 0 Å². The van der Waals surface area contributed by atoms with Gasteiger partial charge in [0.25, 0.3) is 0 Å². The fourth-order valence-electron chi connectivity index (χ4n) is 1.95. The third-order valence-electron chi connectivity index (χ3n) is 2.54. The molecule has 0 aromatic heterocycles. The minimum atomic E-state index is -3.15. The molecule has 1 aliphatic carbocycles. The molecule has 0 aromatic rings. The van der Waals surface area contributed by atoms with Gasteiger partial charge in [0.05, 0.1) is 6.26 Å². The van der Waals surface area contributed by atoms with Crippen molar-refractivity contribution in [3.05, 3.63) is 0 Å². The lowest BCUT2D eigenvalue weighted by Crippen LogP contribution is -2.34. The van der Waals surface area contributed by atoms with Gasteiger partial charge < -0.3 is 5.32 Å². The number of hydrogen-bond donors (Lipinski definition) is 2. The zero-order valence-electron chi connectivity index (χ0n) is 9.12. The highest BCUT2D eigenvalue weighted by atomic mass is 32.2. The first kappa shape index (κ1) is 12.4. The lowest BCUT2D eigenvalue weighted by molar-refractivity contribution is -0.124. The first-order chi connectivity index (χ1) is 6.92. The first-order valence-electron chi connectivity index (χ1n) is 5.17. The van der Waals surface area contributed by atoms with Gasteiger partial charge in [-0.25, -0.2) is 13.1 Å². The summed E-state index contributed by atoms with van der Waals surface area (Å²) in [7, 11) is -3.15. The molecule has 0 radical (unpaired) electrons. The number of sulfonamides is 1. The predicted octanol–water partition coefficient (Wildman–Crippen LogP) is -0.160. The highest BCUT2D eigenvalue weighted by Crippen LogP contribution is 2.25. The molecule has 6 heteroatoms. The number of amides is 1. The van der Waals surface area contributed by atoms with Crippen molar-refractivity contribution in [3.8, 4) is 0 Å². The quantitative estimate of drug-likeness (QED) is 0.710. The molecule has 0 heterocycles. The number of carbonyl (C=O) groups is 1. The maximum absolute atomic E-state index is 11.5. The molecule has 1 fully saturated rings. The van der Waals surface area contributed by atoms with E-state index in [0.717, 1.165) is 19.1 Å². The van der Waals surface area contributed by atoms with Crippen LogP contribution in [-0.4, -0.2) is 33.2 Å². The minimum Gasteiger partial charge on any atom is -0.356 e. The first-order valence-corrected chi connectivity index (χ1v) is 7.06. The molecule has 15 heavy (non-hydrogen) atoms. The van der Waals surface area contributed by atoms with Crippen molar-refractivity contribution in [2.75, 3.05) is 12.8 Å². The SMILES string of the molecule is CCNC(=O)[C@H]1CC[C@H](NS(C)(=O)=O)C1. The number of hydrogen-bond acceptors (Lipinski definition) is 3. The van der Waals surface area contributed by atoms with Gasteiger partial charge in [-0.2, -0.15) is 0 Å². The molecule has 0 aromatic carbocycles. The van der Waals surface area contributed by atoms with Crippen LogP contribution in [0.2, 0.25) is 0 Å². The van der Waals surface area contributed by atoms with E-state index in [-0.39, 0.29) is 17.9 Å². The summed E-state index contributed by atoms with van der Waals surface area (Å²) >= 11 is 0. The van der Waals surface area contributed by atoms with Crippen molar-refractivity contribution >= 4 is 15.9 Å². The van der Waals surface area contributed by atoms with Gasteiger partial charge in [0.2, 0.25) is 15.9 Å². The number of rotatable bonds is 4. The van der Waals surface area contributed by atoms with Crippen molar-refractivity contribution in [3.63, 3.8) is 0 Å². The lowest BCUT2D eigenvalue weighted by Gasteiger charge is -2.11. The van der Waals surface area contributed by atoms with Crippen molar-refractivity contribution in [1.82, 2.24) is 10.0 Å². The Kier molecular flexibility index (Phi) is 4.10. The Bertz CT molecular complexity index is 326. The van der Waals surface area contributed by atoms with Crippen LogP contribution in [0.1, 0.15) is 26.2 Å². The van der Waals surface area contributed by atoms with Crippen molar-refractivity contribution < 1.29 is 13.2 Å². The van der Waals surface area contributed by atoms with Crippen LogP contribution in [0.15, 0.2) is 0 Å². The van der Waals surface area contributed by atoms with Crippen molar-refractivity contribution in [2.24, 2.45) is 5.92 Å². The summed E-state index contributed by atoms with van der Waals surface area (Å²) in [5.74, 6) is -0.000462. The van der Waals surface area contributed by atoms with Crippen LogP contribution in [0.4, 0.5) is 0 Å². The molecular formula is C9H18N2O3S. The van der Waals surface area contributed by atoms with Gasteiger partial charge in [0.1, 0.15) is 0 Å². The van der Waals surface area contributed by atoms with Crippen LogP contribution in [0.25, 0.3) is 0 Å². The monoisotopic (exact) mass is 234 g/mol. The maximum Gasteiger partial charge on any atom is 0.223 e. The van der Waals surface area contributed by atoms with Gasteiger partial charge in [-0.3, -0.25) is 4.79 Å². The van der Waals surface area contributed by atoms with Gasteiger partial charge in [-0.05, 0) is 26.2 Å². The average molecular weight is 234 g/mol. The topological polar surface area (TPSA) is 75.3 Å². The van der Waals surface area contributed by atoms with E-state index in [0.29, 0.717) is 13.0 Å². The van der Waals surface area contributed by atoms with Crippen LogP contribution >= 0.6 is 0 Å². The highest BCUT2D eigenvalue weighted by Gasteiger charge is 2.30. The Hall–Kier alpha value is -0.620. The number of carbonyl (C=O) groups excluding carboxylic acids is 1. The number of nitrogens with one attached hydrogen (secondary N) is 2. The standard InChI is InChI=1S/C9H18N2O3S/c1-3-10-9(12)7-4-5-8(6-7)11-15(2,13)14/h7-8,11H,3-6H2,1-2H3,(H,10,12)/t7-,8-/m0/s1. The normalized spacial score (nSPS) is 26.5. The fourth-order valence-corrected chi connectivity index (χ4v) is 2.77. The molecule has 1 saturated carbocycles. The van der Waals surface area contributed by atoms with Gasteiger partial charge >= 0.3 is 0 Å². The highest BCUT2D eigenvalue weighted by molar-refractivity contribution is 7.88. The zero-order valence-corrected chi connectivity index (χ0v) is 9.93. The van der Waals surface area contributed by atoms with Gasteiger partial charge in [-0.15, -0.1) is 0 Å². The second-order valence-electron chi connectivity index (χ2n) is 3.99. The van der Waals surface area contributed by atoms with Crippen molar-refractivity contribution in [2.45, 2.75) is 32.2 Å². The Morgan fingerprint density at radius 3 is 2.60 bits per heavy atom. The lowest BCUT2D eigenvalue weighted by atomic mass is 10.1. The Balaban J connectivity index is 2.42. The summed E-state index contributed by atoms with van der Waals surface area (Å²) in [6, 6.07) is -0.0763. The molecule has 0 unspecified atom stereocenters. The third-order valence-corrected chi connectivity index (χ3v) is 3.30. The van der Waals surface area contributed by atoms with Gasteiger partial charge in [-0.1, -0.05) is 0 Å². The van der Waals surface area contributed by atoms with E-state index in [4.69, 9.17) is 0 Å². The van der Waals surface area contributed by atoms with E-state index in [1.807, 2.05) is 6.92 Å². The second-order valence-corrected chi connectivity index (χ2v) is 5.77. The van der Waals surface area contributed by atoms with E-state index in [9.17, 15) is 13.2 Å². The predicted molar refractivity (Wildman–Crippen MR) is 57.8 cm³/mol. The summed E-state index contributed by atoms with van der Waals surface area (Å²) in [4.78, 5) is 11.5. The molecule has 2 atom stereocenters. The van der Waals surface area contributed by atoms with Gasteiger partial charge in [0, 0.05) is 18.5 Å². The maximum atomic E-state index is 11.5. The molecule has 0 bridgehead atoms. The molecular weight excluding hydrogens is 216 g/mol. The van der Waals surface area contributed by atoms with E-state index >= 15 is 0 Å². The third kappa shape index (κ3) is 4.17. The van der Waals surface area contributed by atoms with Crippen LogP contribution in [-0.2, 0) is 14.8 Å². The summed E-state index contributed by atoms with van der Waals surface area (Å²) in [5.41, 5.74) is 0. The van der Waals surface area contributed by atoms with Crippen LogP contribution in [0, 0.1) is 5.92 Å². The zero-order chi connectivity index (χ0) is 11.5. The molecule has 5 nitrogen and oxygen atoms in total. The second kappa shape index (κ2) is 4.94. The summed E-state index contributed by atoms with van der Waals surface area (Å²) in [6.07, 6.45) is 3.26. The molecule has 0 aliphatic heterocycles. The molecule has 2 N–H and O–H groups in total. The van der Waals surface area contributed by atoms with E-state index < -0.39 is 10.0 Å². The van der Waals surface area contributed by atoms with E-state index in [1.165, 1.54) is 0 Å². The van der Waals surface area contributed by atoms with Crippen molar-refractivity contribution in [1.29, 1.82) is 0 Å². The molecule has 1 amide bonds. The Morgan fingerprint density at radius 1 is 1.40 bits per heavy atom. The molecule has 0 spiro atoms. The molecule has 1 rings (SSSR count).